The molecule has 0 atom stereocenters. The molecule has 104 valence electrons. The molecular weight excluding hydrogens is 274 g/mol. The lowest BCUT2D eigenvalue weighted by atomic mass is 10.2. The Morgan fingerprint density at radius 2 is 2.20 bits per heavy atom. The van der Waals surface area contributed by atoms with E-state index in [1.807, 2.05) is 36.8 Å². The number of hydrogen-bond acceptors (Lipinski definition) is 4. The van der Waals surface area contributed by atoms with E-state index in [2.05, 4.69) is 16.4 Å². The van der Waals surface area contributed by atoms with Crippen molar-refractivity contribution in [3.05, 3.63) is 40.7 Å². The van der Waals surface area contributed by atoms with E-state index in [9.17, 15) is 0 Å². The molecule has 2 aromatic rings. The molecule has 0 unspecified atom stereocenters. The molecule has 0 fully saturated rings. The van der Waals surface area contributed by atoms with Gasteiger partial charge in [-0.25, -0.2) is 4.98 Å². The summed E-state index contributed by atoms with van der Waals surface area (Å²) in [5.74, 6) is 0.888. The van der Waals surface area contributed by atoms with Crippen LogP contribution < -0.4 is 10.2 Å². The SMILES string of the molecule is CN(C)c1ncc(CNc2cc(C#N)ccc2Cl)n1C. The first-order chi connectivity index (χ1) is 9.52. The second-order valence-electron chi connectivity index (χ2n) is 4.66. The van der Waals surface area contributed by atoms with Gasteiger partial charge in [-0.15, -0.1) is 0 Å². The number of rotatable bonds is 4. The minimum absolute atomic E-state index is 0.580. The maximum absolute atomic E-state index is 8.91. The van der Waals surface area contributed by atoms with Crippen molar-refractivity contribution >= 4 is 23.2 Å². The maximum atomic E-state index is 8.91. The van der Waals surface area contributed by atoms with Crippen molar-refractivity contribution in [2.24, 2.45) is 7.05 Å². The summed E-state index contributed by atoms with van der Waals surface area (Å²) >= 11 is 6.11. The number of anilines is 2. The summed E-state index contributed by atoms with van der Waals surface area (Å²) in [7, 11) is 5.87. The van der Waals surface area contributed by atoms with Crippen LogP contribution in [0.5, 0.6) is 0 Å². The monoisotopic (exact) mass is 289 g/mol. The topological polar surface area (TPSA) is 56.9 Å². The van der Waals surface area contributed by atoms with E-state index in [0.717, 1.165) is 17.3 Å². The van der Waals surface area contributed by atoms with Crippen LogP contribution in [0, 0.1) is 11.3 Å². The van der Waals surface area contributed by atoms with Crippen molar-refractivity contribution < 1.29 is 0 Å². The fourth-order valence-electron chi connectivity index (χ4n) is 1.93. The van der Waals surface area contributed by atoms with Crippen molar-refractivity contribution in [2.75, 3.05) is 24.3 Å². The molecule has 0 saturated heterocycles. The smallest absolute Gasteiger partial charge is 0.204 e. The molecular formula is C14H16ClN5. The predicted octanol–water partition coefficient (Wildman–Crippen LogP) is 2.62. The van der Waals surface area contributed by atoms with Gasteiger partial charge in [0, 0.05) is 21.1 Å². The Balaban J connectivity index is 2.15. The van der Waals surface area contributed by atoms with E-state index in [4.69, 9.17) is 16.9 Å². The fourth-order valence-corrected chi connectivity index (χ4v) is 2.11. The molecule has 0 radical (unpaired) electrons. The van der Waals surface area contributed by atoms with Gasteiger partial charge in [-0.1, -0.05) is 11.6 Å². The summed E-state index contributed by atoms with van der Waals surface area (Å²) in [6, 6.07) is 7.26. The van der Waals surface area contributed by atoms with Crippen LogP contribution >= 0.6 is 11.6 Å². The van der Waals surface area contributed by atoms with Crippen molar-refractivity contribution in [3.8, 4) is 6.07 Å². The minimum atomic E-state index is 0.580. The Morgan fingerprint density at radius 1 is 1.45 bits per heavy atom. The standard InChI is InChI=1S/C14H16ClN5/c1-19(2)14-18-9-11(20(14)3)8-17-13-6-10(7-16)4-5-12(13)15/h4-6,9,17H,8H2,1-3H3. The van der Waals surface area contributed by atoms with Crippen molar-refractivity contribution in [1.29, 1.82) is 5.26 Å². The number of nitrogens with one attached hydrogen (secondary N) is 1. The highest BCUT2D eigenvalue weighted by Crippen LogP contribution is 2.23. The second-order valence-corrected chi connectivity index (χ2v) is 5.07. The number of halogens is 1. The number of imidazole rings is 1. The molecule has 0 aliphatic heterocycles. The molecule has 1 aromatic carbocycles. The van der Waals surface area contributed by atoms with Crippen molar-refractivity contribution in [1.82, 2.24) is 9.55 Å². The Bertz CT molecular complexity index is 654. The summed E-state index contributed by atoms with van der Waals surface area (Å²) in [5.41, 5.74) is 2.36. The van der Waals surface area contributed by atoms with Crippen LogP contribution in [-0.4, -0.2) is 23.6 Å². The third kappa shape index (κ3) is 2.86. The van der Waals surface area contributed by atoms with Gasteiger partial charge in [-0.3, -0.25) is 0 Å². The summed E-state index contributed by atoms with van der Waals surface area (Å²) in [6.07, 6.45) is 1.82. The van der Waals surface area contributed by atoms with Gasteiger partial charge in [0.05, 0.1) is 40.8 Å². The van der Waals surface area contributed by atoms with Gasteiger partial charge in [-0.2, -0.15) is 5.26 Å². The van der Waals surface area contributed by atoms with Crippen LogP contribution in [0.4, 0.5) is 11.6 Å². The molecule has 0 bridgehead atoms. The van der Waals surface area contributed by atoms with Crippen LogP contribution in [0.25, 0.3) is 0 Å². The number of hydrogen-bond donors (Lipinski definition) is 1. The van der Waals surface area contributed by atoms with Crippen LogP contribution in [0.2, 0.25) is 5.02 Å². The van der Waals surface area contributed by atoms with Gasteiger partial charge in [0.2, 0.25) is 5.95 Å². The zero-order valence-corrected chi connectivity index (χ0v) is 12.4. The summed E-state index contributed by atoms with van der Waals surface area (Å²) in [6.45, 7) is 0.589. The summed E-state index contributed by atoms with van der Waals surface area (Å²) < 4.78 is 2.01. The Kier molecular flexibility index (Phi) is 4.16. The Morgan fingerprint density at radius 3 is 2.80 bits per heavy atom. The van der Waals surface area contributed by atoms with Crippen LogP contribution in [0.3, 0.4) is 0 Å². The van der Waals surface area contributed by atoms with Gasteiger partial charge >= 0.3 is 0 Å². The first-order valence-electron chi connectivity index (χ1n) is 6.14. The Hall–Kier alpha value is -2.19. The highest BCUT2D eigenvalue weighted by molar-refractivity contribution is 6.33. The average molecular weight is 290 g/mol. The van der Waals surface area contributed by atoms with E-state index >= 15 is 0 Å². The van der Waals surface area contributed by atoms with Crippen molar-refractivity contribution in [2.45, 2.75) is 6.54 Å². The van der Waals surface area contributed by atoms with E-state index in [0.29, 0.717) is 17.1 Å². The van der Waals surface area contributed by atoms with Gasteiger partial charge in [-0.05, 0) is 18.2 Å². The normalized spacial score (nSPS) is 10.2. The third-order valence-corrected chi connectivity index (χ3v) is 3.34. The third-order valence-electron chi connectivity index (χ3n) is 3.02. The van der Waals surface area contributed by atoms with Crippen LogP contribution in [0.15, 0.2) is 24.4 Å². The molecule has 1 N–H and O–H groups in total. The van der Waals surface area contributed by atoms with Crippen LogP contribution in [-0.2, 0) is 13.6 Å². The summed E-state index contributed by atoms with van der Waals surface area (Å²) in [5, 5.41) is 12.7. The van der Waals surface area contributed by atoms with E-state index in [-0.39, 0.29) is 0 Å². The molecule has 5 nitrogen and oxygen atoms in total. The molecule has 1 heterocycles. The average Bonchev–Trinajstić information content (AvgIpc) is 2.79. The number of benzene rings is 1. The minimum Gasteiger partial charge on any atom is -0.378 e. The largest absolute Gasteiger partial charge is 0.378 e. The first-order valence-corrected chi connectivity index (χ1v) is 6.52. The van der Waals surface area contributed by atoms with Crippen molar-refractivity contribution in [3.63, 3.8) is 0 Å². The maximum Gasteiger partial charge on any atom is 0.204 e. The molecule has 0 spiro atoms. The van der Waals surface area contributed by atoms with Gasteiger partial charge in [0.25, 0.3) is 0 Å². The lowest BCUT2D eigenvalue weighted by Gasteiger charge is -2.13. The molecule has 2 rings (SSSR count). The number of nitriles is 1. The number of nitrogens with zero attached hydrogens (tertiary/aromatic N) is 4. The first kappa shape index (κ1) is 14.2. The van der Waals surface area contributed by atoms with Gasteiger partial charge in [0.1, 0.15) is 0 Å². The molecule has 0 aliphatic rings. The van der Waals surface area contributed by atoms with Gasteiger partial charge in [0.15, 0.2) is 0 Å². The van der Waals surface area contributed by atoms with Crippen LogP contribution in [0.1, 0.15) is 11.3 Å². The zero-order valence-electron chi connectivity index (χ0n) is 11.7. The van der Waals surface area contributed by atoms with E-state index in [1.54, 1.807) is 18.2 Å². The summed E-state index contributed by atoms with van der Waals surface area (Å²) in [4.78, 5) is 6.30. The zero-order chi connectivity index (χ0) is 14.7. The Labute approximate surface area is 123 Å². The molecule has 0 amide bonds. The molecule has 20 heavy (non-hydrogen) atoms. The highest BCUT2D eigenvalue weighted by atomic mass is 35.5. The quantitative estimate of drug-likeness (QED) is 0.940. The lowest BCUT2D eigenvalue weighted by molar-refractivity contribution is 0.814. The molecule has 1 aromatic heterocycles. The predicted molar refractivity (Wildman–Crippen MR) is 81.0 cm³/mol. The molecule has 0 aliphatic carbocycles. The van der Waals surface area contributed by atoms with E-state index < -0.39 is 0 Å². The fraction of sp³-hybridized carbons (Fsp3) is 0.286. The lowest BCUT2D eigenvalue weighted by Crippen LogP contribution is -2.15. The molecule has 0 saturated carbocycles. The molecule has 6 heteroatoms. The van der Waals surface area contributed by atoms with E-state index in [1.165, 1.54) is 0 Å². The highest BCUT2D eigenvalue weighted by Gasteiger charge is 2.08. The van der Waals surface area contributed by atoms with Gasteiger partial charge < -0.3 is 14.8 Å². The second kappa shape index (κ2) is 5.85. The number of aromatic nitrogens is 2.